The minimum absolute atomic E-state index is 0.0426. The van der Waals surface area contributed by atoms with Crippen molar-refractivity contribution in [3.63, 3.8) is 0 Å². The van der Waals surface area contributed by atoms with E-state index in [-0.39, 0.29) is 18.1 Å². The zero-order valence-electron chi connectivity index (χ0n) is 17.8. The highest BCUT2D eigenvalue weighted by Gasteiger charge is 2.26. The van der Waals surface area contributed by atoms with E-state index >= 15 is 0 Å². The van der Waals surface area contributed by atoms with E-state index in [1.807, 2.05) is 35.7 Å². The first kappa shape index (κ1) is 22.5. The van der Waals surface area contributed by atoms with Gasteiger partial charge in [0.1, 0.15) is 11.6 Å². The van der Waals surface area contributed by atoms with Crippen molar-refractivity contribution in [3.05, 3.63) is 64.8 Å². The van der Waals surface area contributed by atoms with Crippen LogP contribution in [0.3, 0.4) is 0 Å². The number of carbonyl (C=O) groups excluding carboxylic acids is 1. The zero-order valence-corrected chi connectivity index (χ0v) is 18.6. The fraction of sp³-hybridized carbons (Fsp3) is 0.318. The van der Waals surface area contributed by atoms with Gasteiger partial charge in [0.15, 0.2) is 5.13 Å². The van der Waals surface area contributed by atoms with Crippen LogP contribution in [0, 0.1) is 0 Å². The Balaban J connectivity index is 1.55. The molecule has 31 heavy (non-hydrogen) atoms. The van der Waals surface area contributed by atoms with Crippen LogP contribution in [0.1, 0.15) is 30.7 Å². The number of nitrogens with zero attached hydrogens (tertiary/aromatic N) is 2. The van der Waals surface area contributed by atoms with E-state index in [1.54, 1.807) is 19.4 Å². The Bertz CT molecular complexity index is 987. The number of hydrogen-bond acceptors (Lipinski definition) is 7. The molecule has 0 fully saturated rings. The summed E-state index contributed by atoms with van der Waals surface area (Å²) in [6.07, 6.45) is 1.68. The molecule has 0 atom stereocenters. The smallest absolute Gasteiger partial charge is 0.321 e. The highest BCUT2D eigenvalue weighted by molar-refractivity contribution is 7.13. The van der Waals surface area contributed by atoms with Gasteiger partial charge in [0, 0.05) is 30.1 Å². The molecule has 0 aliphatic rings. The van der Waals surface area contributed by atoms with Gasteiger partial charge in [0.25, 0.3) is 0 Å². The number of amides is 2. The summed E-state index contributed by atoms with van der Waals surface area (Å²) >= 11 is 1.39. The molecule has 0 bridgehead atoms. The summed E-state index contributed by atoms with van der Waals surface area (Å²) in [5.41, 5.74) is 2.55. The van der Waals surface area contributed by atoms with Gasteiger partial charge >= 0.3 is 6.03 Å². The molecule has 1 aromatic carbocycles. The second kappa shape index (κ2) is 10.2. The number of hydrogen-bond donors (Lipinski definition) is 4. The second-order valence-electron chi connectivity index (χ2n) is 7.40. The molecule has 164 valence electrons. The molecule has 2 amide bonds. The third-order valence-electron chi connectivity index (χ3n) is 4.87. The monoisotopic (exact) mass is 441 g/mol. The third-order valence-corrected chi connectivity index (χ3v) is 5.63. The molecule has 0 unspecified atom stereocenters. The Morgan fingerprint density at radius 1 is 1.19 bits per heavy atom. The second-order valence-corrected chi connectivity index (χ2v) is 8.26. The Labute approximate surface area is 185 Å². The summed E-state index contributed by atoms with van der Waals surface area (Å²) in [5.74, 6) is 1.49. The van der Waals surface area contributed by atoms with E-state index in [2.05, 4.69) is 39.8 Å². The number of urea groups is 1. The quantitative estimate of drug-likeness (QED) is 0.404. The predicted molar refractivity (Wildman–Crippen MR) is 123 cm³/mol. The van der Waals surface area contributed by atoms with Crippen molar-refractivity contribution in [2.24, 2.45) is 0 Å². The van der Waals surface area contributed by atoms with Crippen molar-refractivity contribution in [1.29, 1.82) is 0 Å². The van der Waals surface area contributed by atoms with Crippen molar-refractivity contribution < 1.29 is 14.6 Å². The fourth-order valence-corrected chi connectivity index (χ4v) is 3.79. The highest BCUT2D eigenvalue weighted by Crippen LogP contribution is 2.34. The van der Waals surface area contributed by atoms with Crippen LogP contribution in [0.15, 0.2) is 48.0 Å². The number of ether oxygens (including phenoxy) is 1. The Morgan fingerprint density at radius 3 is 2.61 bits per heavy atom. The first-order valence-electron chi connectivity index (χ1n) is 9.87. The van der Waals surface area contributed by atoms with Gasteiger partial charge in [-0.3, -0.25) is 5.32 Å². The SMILES string of the molecule is COc1ccc(C(C)(C)c2csc(NC(=O)NCc3ccc(NCCO)nc3)n2)cc1. The number of thiazole rings is 1. The fourth-order valence-electron chi connectivity index (χ4n) is 2.92. The number of nitrogens with one attached hydrogen (secondary N) is 3. The van der Waals surface area contributed by atoms with Crippen LogP contribution in [-0.2, 0) is 12.0 Å². The largest absolute Gasteiger partial charge is 0.497 e. The molecule has 4 N–H and O–H groups in total. The van der Waals surface area contributed by atoms with Crippen molar-refractivity contribution in [2.75, 3.05) is 30.9 Å². The number of carbonyl (C=O) groups is 1. The summed E-state index contributed by atoms with van der Waals surface area (Å²) < 4.78 is 5.23. The maximum absolute atomic E-state index is 12.3. The van der Waals surface area contributed by atoms with E-state index < -0.39 is 0 Å². The number of pyridine rings is 1. The topological polar surface area (TPSA) is 108 Å². The van der Waals surface area contributed by atoms with Gasteiger partial charge < -0.3 is 20.5 Å². The first-order chi connectivity index (χ1) is 14.9. The molecule has 9 heteroatoms. The minimum atomic E-state index is -0.328. The first-order valence-corrected chi connectivity index (χ1v) is 10.8. The van der Waals surface area contributed by atoms with Gasteiger partial charge in [-0.2, -0.15) is 0 Å². The molecule has 0 aliphatic heterocycles. The van der Waals surface area contributed by atoms with E-state index in [0.717, 1.165) is 22.6 Å². The van der Waals surface area contributed by atoms with Gasteiger partial charge in [-0.25, -0.2) is 14.8 Å². The summed E-state index contributed by atoms with van der Waals surface area (Å²) in [6, 6.07) is 11.3. The Hall–Kier alpha value is -3.17. The van der Waals surface area contributed by atoms with Gasteiger partial charge in [0.05, 0.1) is 19.4 Å². The average Bonchev–Trinajstić information content (AvgIpc) is 3.26. The summed E-state index contributed by atoms with van der Waals surface area (Å²) in [4.78, 5) is 21.1. The molecular weight excluding hydrogens is 414 g/mol. The molecular formula is C22H27N5O3S. The van der Waals surface area contributed by atoms with Crippen LogP contribution in [0.25, 0.3) is 0 Å². The van der Waals surface area contributed by atoms with Crippen molar-refractivity contribution >= 4 is 28.3 Å². The normalized spacial score (nSPS) is 11.1. The van der Waals surface area contributed by atoms with Gasteiger partial charge in [-0.05, 0) is 29.3 Å². The van der Waals surface area contributed by atoms with E-state index in [0.29, 0.717) is 24.0 Å². The van der Waals surface area contributed by atoms with Crippen molar-refractivity contribution in [1.82, 2.24) is 15.3 Å². The lowest BCUT2D eigenvalue weighted by Crippen LogP contribution is -2.28. The Kier molecular flexibility index (Phi) is 7.43. The zero-order chi connectivity index (χ0) is 22.3. The van der Waals surface area contributed by atoms with E-state index in [1.165, 1.54) is 11.3 Å². The molecule has 0 saturated carbocycles. The van der Waals surface area contributed by atoms with Gasteiger partial charge in [0.2, 0.25) is 0 Å². The van der Waals surface area contributed by atoms with Crippen molar-refractivity contribution in [3.8, 4) is 5.75 Å². The lowest BCUT2D eigenvalue weighted by molar-refractivity contribution is 0.251. The van der Waals surface area contributed by atoms with Crippen LogP contribution in [0.4, 0.5) is 15.7 Å². The molecule has 0 radical (unpaired) electrons. The molecule has 8 nitrogen and oxygen atoms in total. The maximum Gasteiger partial charge on any atom is 0.321 e. The summed E-state index contributed by atoms with van der Waals surface area (Å²) in [7, 11) is 1.64. The lowest BCUT2D eigenvalue weighted by atomic mass is 9.82. The number of aromatic nitrogens is 2. The van der Waals surface area contributed by atoms with Crippen LogP contribution >= 0.6 is 11.3 Å². The molecule has 3 rings (SSSR count). The van der Waals surface area contributed by atoms with E-state index in [9.17, 15) is 4.79 Å². The summed E-state index contributed by atoms with van der Waals surface area (Å²) in [5, 5.41) is 19.9. The van der Waals surface area contributed by atoms with Gasteiger partial charge in [-0.1, -0.05) is 32.0 Å². The highest BCUT2D eigenvalue weighted by atomic mass is 32.1. The number of aliphatic hydroxyl groups is 1. The number of rotatable bonds is 9. The molecule has 0 aliphatic carbocycles. The Morgan fingerprint density at radius 2 is 1.97 bits per heavy atom. The maximum atomic E-state index is 12.3. The van der Waals surface area contributed by atoms with Crippen molar-refractivity contribution in [2.45, 2.75) is 25.8 Å². The predicted octanol–water partition coefficient (Wildman–Crippen LogP) is 3.60. The van der Waals surface area contributed by atoms with Crippen LogP contribution < -0.4 is 20.7 Å². The molecule has 2 aromatic heterocycles. The molecule has 2 heterocycles. The average molecular weight is 442 g/mol. The molecule has 0 saturated heterocycles. The van der Waals surface area contributed by atoms with Crippen LogP contribution in [0.5, 0.6) is 5.75 Å². The number of anilines is 2. The van der Waals surface area contributed by atoms with Gasteiger partial charge in [-0.15, -0.1) is 11.3 Å². The van der Waals surface area contributed by atoms with Crippen LogP contribution in [0.2, 0.25) is 0 Å². The number of benzene rings is 1. The lowest BCUT2D eigenvalue weighted by Gasteiger charge is -2.23. The minimum Gasteiger partial charge on any atom is -0.497 e. The number of aliphatic hydroxyl groups excluding tert-OH is 1. The molecule has 3 aromatic rings. The molecule has 0 spiro atoms. The van der Waals surface area contributed by atoms with Crippen LogP contribution in [-0.4, -0.2) is 41.4 Å². The number of methoxy groups -OCH3 is 1. The standard InChI is InChI=1S/C22H27N5O3S/c1-22(2,16-5-7-17(30-3)8-6-16)18-14-31-21(26-18)27-20(29)25-13-15-4-9-19(24-12-15)23-10-11-28/h4-9,12,14,28H,10-11,13H2,1-3H3,(H,23,24)(H2,25,26,27,29). The van der Waals surface area contributed by atoms with E-state index in [4.69, 9.17) is 9.84 Å². The summed E-state index contributed by atoms with van der Waals surface area (Å²) in [6.45, 7) is 5.02. The third kappa shape index (κ3) is 5.93.